The van der Waals surface area contributed by atoms with E-state index in [-0.39, 0.29) is 17.8 Å². The van der Waals surface area contributed by atoms with Gasteiger partial charge in [-0.15, -0.1) is 0 Å². The molecule has 1 aliphatic heterocycles. The molecule has 1 aliphatic rings. The molecule has 0 spiro atoms. The first-order valence-corrected chi connectivity index (χ1v) is 6.38. The van der Waals surface area contributed by atoms with Crippen LogP contribution < -0.4 is 4.90 Å². The smallest absolute Gasteiger partial charge is 0.298 e. The summed E-state index contributed by atoms with van der Waals surface area (Å²) in [5.74, 6) is -3.49. The summed E-state index contributed by atoms with van der Waals surface area (Å²) in [6, 6.07) is 8.89. The topological polar surface area (TPSA) is 37.4 Å². The summed E-state index contributed by atoms with van der Waals surface area (Å²) in [5, 5.41) is 0. The number of halogens is 2. The summed E-state index contributed by atoms with van der Waals surface area (Å²) < 4.78 is 27.1. The molecule has 0 bridgehead atoms. The number of carbonyl (C=O) groups is 2. The van der Waals surface area contributed by atoms with Crippen LogP contribution in [0.3, 0.4) is 0 Å². The standard InChI is InChI=1S/C16H11F2NO2/c1-9-2-4-10(5-3-9)8-19-14-12(15(20)16(19)21)6-11(17)7-13(14)18/h2-7H,8H2,1H3. The van der Waals surface area contributed by atoms with Gasteiger partial charge >= 0.3 is 0 Å². The Hall–Kier alpha value is -2.56. The highest BCUT2D eigenvalue weighted by molar-refractivity contribution is 6.52. The summed E-state index contributed by atoms with van der Waals surface area (Å²) in [6.45, 7) is 1.99. The van der Waals surface area contributed by atoms with E-state index in [0.717, 1.165) is 22.1 Å². The molecule has 0 radical (unpaired) electrons. The number of ketones is 1. The van der Waals surface area contributed by atoms with Crippen LogP contribution in [-0.4, -0.2) is 11.7 Å². The van der Waals surface area contributed by atoms with Crippen LogP contribution in [0.2, 0.25) is 0 Å². The molecule has 0 aliphatic carbocycles. The second kappa shape index (κ2) is 4.77. The Kier molecular flexibility index (Phi) is 3.05. The van der Waals surface area contributed by atoms with E-state index in [0.29, 0.717) is 6.07 Å². The van der Waals surface area contributed by atoms with Crippen LogP contribution in [0.15, 0.2) is 36.4 Å². The lowest BCUT2D eigenvalue weighted by Crippen LogP contribution is -2.29. The first-order chi connectivity index (χ1) is 9.97. The van der Waals surface area contributed by atoms with Gasteiger partial charge in [-0.2, -0.15) is 0 Å². The maximum absolute atomic E-state index is 13.9. The number of rotatable bonds is 2. The van der Waals surface area contributed by atoms with E-state index in [1.165, 1.54) is 0 Å². The molecule has 3 nitrogen and oxygen atoms in total. The number of amides is 1. The minimum absolute atomic E-state index is 0.0698. The van der Waals surface area contributed by atoms with Crippen molar-refractivity contribution in [2.45, 2.75) is 13.5 Å². The quantitative estimate of drug-likeness (QED) is 0.796. The van der Waals surface area contributed by atoms with E-state index in [9.17, 15) is 18.4 Å². The van der Waals surface area contributed by atoms with Crippen molar-refractivity contribution in [3.63, 3.8) is 0 Å². The number of fused-ring (bicyclic) bond motifs is 1. The molecular weight excluding hydrogens is 276 g/mol. The summed E-state index contributed by atoms with van der Waals surface area (Å²) in [5.41, 5.74) is 1.45. The summed E-state index contributed by atoms with van der Waals surface area (Å²) in [4.78, 5) is 24.9. The molecule has 0 N–H and O–H groups in total. The number of hydrogen-bond acceptors (Lipinski definition) is 2. The van der Waals surface area contributed by atoms with E-state index in [4.69, 9.17) is 0 Å². The predicted molar refractivity (Wildman–Crippen MR) is 73.1 cm³/mol. The lowest BCUT2D eigenvalue weighted by atomic mass is 10.1. The number of Topliss-reactive ketones (excluding diaryl/α,β-unsaturated/α-hetero) is 1. The van der Waals surface area contributed by atoms with Crippen molar-refractivity contribution in [2.75, 3.05) is 4.90 Å². The normalized spacial score (nSPS) is 13.8. The molecule has 0 saturated heterocycles. The molecule has 21 heavy (non-hydrogen) atoms. The molecule has 2 aromatic rings. The Morgan fingerprint density at radius 3 is 2.38 bits per heavy atom. The van der Waals surface area contributed by atoms with Crippen molar-refractivity contribution >= 4 is 17.4 Å². The Balaban J connectivity index is 2.03. The third-order valence-corrected chi connectivity index (χ3v) is 3.44. The van der Waals surface area contributed by atoms with E-state index in [1.807, 2.05) is 19.1 Å². The lowest BCUT2D eigenvalue weighted by Gasteiger charge is -2.17. The molecular formula is C16H11F2NO2. The average molecular weight is 287 g/mol. The molecule has 0 fully saturated rings. The third-order valence-electron chi connectivity index (χ3n) is 3.44. The van der Waals surface area contributed by atoms with E-state index in [1.54, 1.807) is 12.1 Å². The molecule has 2 aromatic carbocycles. The zero-order chi connectivity index (χ0) is 15.1. The van der Waals surface area contributed by atoms with Gasteiger partial charge in [0.1, 0.15) is 5.82 Å². The van der Waals surface area contributed by atoms with Crippen molar-refractivity contribution in [3.05, 3.63) is 64.7 Å². The molecule has 0 saturated carbocycles. The van der Waals surface area contributed by atoms with Crippen molar-refractivity contribution in [1.29, 1.82) is 0 Å². The zero-order valence-electron chi connectivity index (χ0n) is 11.2. The van der Waals surface area contributed by atoms with Crippen LogP contribution in [0.1, 0.15) is 21.5 Å². The fraction of sp³-hybridized carbons (Fsp3) is 0.125. The predicted octanol–water partition coefficient (Wildman–Crippen LogP) is 3.00. The van der Waals surface area contributed by atoms with Crippen LogP contribution >= 0.6 is 0 Å². The highest BCUT2D eigenvalue weighted by atomic mass is 19.1. The lowest BCUT2D eigenvalue weighted by molar-refractivity contribution is -0.114. The minimum atomic E-state index is -0.906. The average Bonchev–Trinajstić information content (AvgIpc) is 2.67. The Morgan fingerprint density at radius 2 is 1.71 bits per heavy atom. The number of nitrogens with zero attached hydrogens (tertiary/aromatic N) is 1. The molecule has 0 aromatic heterocycles. The van der Waals surface area contributed by atoms with Crippen LogP contribution in [0, 0.1) is 18.6 Å². The van der Waals surface area contributed by atoms with Crippen LogP contribution in [0.5, 0.6) is 0 Å². The van der Waals surface area contributed by atoms with Gasteiger partial charge in [-0.25, -0.2) is 8.78 Å². The molecule has 0 unspecified atom stereocenters. The maximum atomic E-state index is 13.9. The van der Waals surface area contributed by atoms with E-state index < -0.39 is 23.3 Å². The van der Waals surface area contributed by atoms with Crippen LogP contribution in [-0.2, 0) is 11.3 Å². The number of carbonyl (C=O) groups excluding carboxylic acids is 2. The van der Waals surface area contributed by atoms with Gasteiger partial charge in [0.15, 0.2) is 5.82 Å². The minimum Gasteiger partial charge on any atom is -0.298 e. The second-order valence-electron chi connectivity index (χ2n) is 4.99. The summed E-state index contributed by atoms with van der Waals surface area (Å²) in [6.07, 6.45) is 0. The number of anilines is 1. The Labute approximate surface area is 119 Å². The van der Waals surface area contributed by atoms with Crippen molar-refractivity contribution < 1.29 is 18.4 Å². The van der Waals surface area contributed by atoms with E-state index >= 15 is 0 Å². The van der Waals surface area contributed by atoms with Gasteiger partial charge in [0.05, 0.1) is 17.8 Å². The molecule has 1 heterocycles. The van der Waals surface area contributed by atoms with Gasteiger partial charge in [0.2, 0.25) is 0 Å². The zero-order valence-corrected chi connectivity index (χ0v) is 11.2. The summed E-state index contributed by atoms with van der Waals surface area (Å²) in [7, 11) is 0. The highest BCUT2D eigenvalue weighted by Crippen LogP contribution is 2.33. The van der Waals surface area contributed by atoms with Gasteiger partial charge in [-0.1, -0.05) is 29.8 Å². The first-order valence-electron chi connectivity index (χ1n) is 6.38. The maximum Gasteiger partial charge on any atom is 0.299 e. The van der Waals surface area contributed by atoms with Crippen molar-refractivity contribution in [3.8, 4) is 0 Å². The molecule has 1 amide bonds. The molecule has 0 atom stereocenters. The molecule has 5 heteroatoms. The Bertz CT molecular complexity index is 754. The largest absolute Gasteiger partial charge is 0.299 e. The fourth-order valence-corrected chi connectivity index (χ4v) is 2.38. The fourth-order valence-electron chi connectivity index (χ4n) is 2.38. The SMILES string of the molecule is Cc1ccc(CN2C(=O)C(=O)c3cc(F)cc(F)c32)cc1. The van der Waals surface area contributed by atoms with Crippen molar-refractivity contribution in [2.24, 2.45) is 0 Å². The van der Waals surface area contributed by atoms with Gasteiger partial charge in [-0.3, -0.25) is 14.5 Å². The first kappa shape index (κ1) is 13.4. The van der Waals surface area contributed by atoms with Gasteiger partial charge in [0.25, 0.3) is 11.7 Å². The van der Waals surface area contributed by atoms with Crippen molar-refractivity contribution in [1.82, 2.24) is 0 Å². The number of benzene rings is 2. The number of aryl methyl sites for hydroxylation is 1. The molecule has 3 rings (SSSR count). The Morgan fingerprint density at radius 1 is 1.05 bits per heavy atom. The van der Waals surface area contributed by atoms with Gasteiger partial charge in [-0.05, 0) is 18.6 Å². The number of hydrogen-bond donors (Lipinski definition) is 0. The van der Waals surface area contributed by atoms with Gasteiger partial charge < -0.3 is 0 Å². The van der Waals surface area contributed by atoms with Crippen LogP contribution in [0.25, 0.3) is 0 Å². The van der Waals surface area contributed by atoms with E-state index in [2.05, 4.69) is 0 Å². The van der Waals surface area contributed by atoms with Gasteiger partial charge in [0, 0.05) is 6.07 Å². The third kappa shape index (κ3) is 2.20. The monoisotopic (exact) mass is 287 g/mol. The highest BCUT2D eigenvalue weighted by Gasteiger charge is 2.38. The van der Waals surface area contributed by atoms with Crippen LogP contribution in [0.4, 0.5) is 14.5 Å². The second-order valence-corrected chi connectivity index (χ2v) is 4.99. The molecule has 106 valence electrons. The summed E-state index contributed by atoms with van der Waals surface area (Å²) >= 11 is 0.